The fourth-order valence-electron chi connectivity index (χ4n) is 6.56. The molecule has 3 aromatic heterocycles. The molecule has 200 valence electrons. The second-order valence-electron chi connectivity index (χ2n) is 11.4. The monoisotopic (exact) mass is 523 g/mol. The number of aromatic amines is 1. The van der Waals surface area contributed by atoms with E-state index in [1.165, 1.54) is 6.07 Å². The van der Waals surface area contributed by atoms with Crippen LogP contribution in [-0.4, -0.2) is 47.9 Å². The summed E-state index contributed by atoms with van der Waals surface area (Å²) in [5.41, 5.74) is 2.47. The Kier molecular flexibility index (Phi) is 6.05. The first kappa shape index (κ1) is 25.0. The van der Waals surface area contributed by atoms with Crippen molar-refractivity contribution in [3.63, 3.8) is 0 Å². The number of halogens is 3. The van der Waals surface area contributed by atoms with E-state index in [1.807, 2.05) is 29.8 Å². The lowest BCUT2D eigenvalue weighted by atomic mass is 9.58. The summed E-state index contributed by atoms with van der Waals surface area (Å²) < 4.78 is 43.8. The van der Waals surface area contributed by atoms with Crippen LogP contribution in [0.5, 0.6) is 0 Å². The van der Waals surface area contributed by atoms with E-state index in [9.17, 15) is 13.2 Å². The number of likely N-dealkylation sites (tertiary alicyclic amines) is 1. The number of aryl methyl sites for hydroxylation is 1. The molecule has 0 spiro atoms. The predicted octanol–water partition coefficient (Wildman–Crippen LogP) is 5.72. The Morgan fingerprint density at radius 1 is 1.13 bits per heavy atom. The summed E-state index contributed by atoms with van der Waals surface area (Å²) in [6, 6.07) is 9.11. The summed E-state index contributed by atoms with van der Waals surface area (Å²) in [4.78, 5) is 6.32. The van der Waals surface area contributed by atoms with Crippen LogP contribution >= 0.6 is 0 Å². The highest BCUT2D eigenvalue weighted by atomic mass is 19.4. The second kappa shape index (κ2) is 9.18. The number of nitrogens with one attached hydrogen (secondary N) is 1. The van der Waals surface area contributed by atoms with Crippen molar-refractivity contribution in [1.82, 2.24) is 34.8 Å². The van der Waals surface area contributed by atoms with Crippen LogP contribution in [0.25, 0.3) is 22.3 Å². The van der Waals surface area contributed by atoms with Crippen molar-refractivity contribution in [3.8, 4) is 11.3 Å². The van der Waals surface area contributed by atoms with Crippen molar-refractivity contribution in [1.29, 1.82) is 0 Å². The van der Waals surface area contributed by atoms with Crippen molar-refractivity contribution < 1.29 is 13.2 Å². The van der Waals surface area contributed by atoms with E-state index in [4.69, 9.17) is 0 Å². The summed E-state index contributed by atoms with van der Waals surface area (Å²) in [5, 5.41) is 16.1. The smallest absolute Gasteiger partial charge is 0.320 e. The third-order valence-electron chi connectivity index (χ3n) is 8.25. The van der Waals surface area contributed by atoms with E-state index < -0.39 is 11.9 Å². The van der Waals surface area contributed by atoms with E-state index in [0.717, 1.165) is 55.7 Å². The molecule has 7 nitrogen and oxygen atoms in total. The largest absolute Gasteiger partial charge is 0.433 e. The maximum absolute atomic E-state index is 14.0. The Balaban J connectivity index is 1.44. The van der Waals surface area contributed by atoms with Crippen LogP contribution in [0, 0.1) is 11.8 Å². The first-order chi connectivity index (χ1) is 18.1. The van der Waals surface area contributed by atoms with Crippen LogP contribution in [-0.2, 0) is 25.2 Å². The Bertz CT molecular complexity index is 1460. The number of H-pyrrole nitrogens is 1. The Hall–Kier alpha value is -3.27. The first-order valence-corrected chi connectivity index (χ1v) is 13.3. The van der Waals surface area contributed by atoms with Crippen molar-refractivity contribution in [3.05, 3.63) is 59.3 Å². The second-order valence-corrected chi connectivity index (χ2v) is 11.4. The molecule has 1 atom stereocenters. The molecule has 2 fully saturated rings. The van der Waals surface area contributed by atoms with Gasteiger partial charge in [-0.05, 0) is 67.3 Å². The fourth-order valence-corrected chi connectivity index (χ4v) is 6.56. The molecular formula is C28H32F3N7. The molecule has 4 heterocycles. The molecule has 0 unspecified atom stereocenters. The zero-order valence-corrected chi connectivity index (χ0v) is 21.9. The van der Waals surface area contributed by atoms with Gasteiger partial charge in [-0.3, -0.25) is 10.00 Å². The molecule has 1 saturated carbocycles. The molecule has 4 aromatic rings. The van der Waals surface area contributed by atoms with Gasteiger partial charge in [-0.25, -0.2) is 4.98 Å². The number of hydrogen-bond acceptors (Lipinski definition) is 5. The van der Waals surface area contributed by atoms with Crippen LogP contribution in [0.15, 0.2) is 36.7 Å². The summed E-state index contributed by atoms with van der Waals surface area (Å²) in [6.45, 7) is 6.58. The zero-order valence-electron chi connectivity index (χ0n) is 21.9. The van der Waals surface area contributed by atoms with Gasteiger partial charge in [0.15, 0.2) is 0 Å². The van der Waals surface area contributed by atoms with Gasteiger partial charge < -0.3 is 4.57 Å². The number of benzene rings is 1. The van der Waals surface area contributed by atoms with Crippen molar-refractivity contribution in [2.24, 2.45) is 18.9 Å². The van der Waals surface area contributed by atoms with Gasteiger partial charge in [0.25, 0.3) is 0 Å². The molecule has 1 saturated heterocycles. The highest BCUT2D eigenvalue weighted by Crippen LogP contribution is 2.52. The molecule has 0 radical (unpaired) electrons. The molecule has 6 rings (SSSR count). The zero-order chi connectivity index (χ0) is 26.7. The molecular weight excluding hydrogens is 491 g/mol. The molecule has 2 aliphatic rings. The molecule has 0 amide bonds. The Morgan fingerprint density at radius 2 is 1.95 bits per heavy atom. The van der Waals surface area contributed by atoms with Gasteiger partial charge >= 0.3 is 6.18 Å². The molecule has 1 N–H and O–H groups in total. The Labute approximate surface area is 219 Å². The molecule has 0 bridgehead atoms. The molecule has 1 aliphatic carbocycles. The van der Waals surface area contributed by atoms with Gasteiger partial charge in [0.05, 0.1) is 10.9 Å². The molecule has 1 aliphatic heterocycles. The summed E-state index contributed by atoms with van der Waals surface area (Å²) in [6.07, 6.45) is 1.21. The third kappa shape index (κ3) is 4.28. The molecule has 10 heteroatoms. The standard InChI is InChI=1S/C28H32F3N7/c1-17-6-5-9-38(14-17)15-20-11-22(28(29,30)31)33-25-23(34-35-24(20)25)19-7-4-8-21(10-19)27(12-18(2)13-27)26-36-32-16-37(26)3/h4,7-8,10-11,16-18H,5-6,9,12-15H2,1-3H3,(H,34,35)/t17-,18?,27?/m0/s1. The summed E-state index contributed by atoms with van der Waals surface area (Å²) in [5.74, 6) is 1.96. The highest BCUT2D eigenvalue weighted by Gasteiger charge is 2.48. The first-order valence-electron chi connectivity index (χ1n) is 13.3. The minimum absolute atomic E-state index is 0.256. The van der Waals surface area contributed by atoms with E-state index in [2.05, 4.69) is 50.2 Å². The molecule has 1 aromatic carbocycles. The van der Waals surface area contributed by atoms with E-state index >= 15 is 0 Å². The number of pyridine rings is 1. The fraction of sp³-hybridized carbons (Fsp3) is 0.500. The number of rotatable bonds is 5. The van der Waals surface area contributed by atoms with Gasteiger partial charge in [-0.1, -0.05) is 32.0 Å². The lowest BCUT2D eigenvalue weighted by Gasteiger charge is -2.46. The average molecular weight is 524 g/mol. The van der Waals surface area contributed by atoms with Crippen LogP contribution < -0.4 is 0 Å². The van der Waals surface area contributed by atoms with Crippen LogP contribution in [0.1, 0.15) is 62.2 Å². The van der Waals surface area contributed by atoms with Crippen molar-refractivity contribution in [2.45, 2.75) is 57.7 Å². The predicted molar refractivity (Wildman–Crippen MR) is 138 cm³/mol. The van der Waals surface area contributed by atoms with Crippen molar-refractivity contribution in [2.75, 3.05) is 13.1 Å². The van der Waals surface area contributed by atoms with Gasteiger partial charge in [0.1, 0.15) is 29.1 Å². The third-order valence-corrected chi connectivity index (χ3v) is 8.25. The number of fused-ring (bicyclic) bond motifs is 1. The SMILES string of the molecule is CC1CC(c2cccc(-c3n[nH]c4c(CN5CCC[C@H](C)C5)cc(C(F)(F)F)nc34)c2)(c2nncn2C)C1. The minimum Gasteiger partial charge on any atom is -0.320 e. The van der Waals surface area contributed by atoms with Crippen LogP contribution in [0.4, 0.5) is 13.2 Å². The maximum Gasteiger partial charge on any atom is 0.433 e. The van der Waals surface area contributed by atoms with E-state index in [-0.39, 0.29) is 10.9 Å². The van der Waals surface area contributed by atoms with Crippen molar-refractivity contribution >= 4 is 11.0 Å². The number of alkyl halides is 3. The van der Waals surface area contributed by atoms with Crippen LogP contribution in [0.2, 0.25) is 0 Å². The topological polar surface area (TPSA) is 75.5 Å². The summed E-state index contributed by atoms with van der Waals surface area (Å²) >= 11 is 0. The van der Waals surface area contributed by atoms with Gasteiger partial charge in [-0.15, -0.1) is 10.2 Å². The average Bonchev–Trinajstić information content (AvgIpc) is 3.48. The normalized spacial score (nSPS) is 24.6. The summed E-state index contributed by atoms with van der Waals surface area (Å²) in [7, 11) is 1.94. The lowest BCUT2D eigenvalue weighted by Crippen LogP contribution is -2.43. The minimum atomic E-state index is -4.55. The van der Waals surface area contributed by atoms with E-state index in [1.54, 1.807) is 6.33 Å². The van der Waals surface area contributed by atoms with Gasteiger partial charge in [0, 0.05) is 25.7 Å². The van der Waals surface area contributed by atoms with Gasteiger partial charge in [-0.2, -0.15) is 18.3 Å². The maximum atomic E-state index is 14.0. The van der Waals surface area contributed by atoms with Crippen LogP contribution in [0.3, 0.4) is 0 Å². The Morgan fingerprint density at radius 3 is 2.63 bits per heavy atom. The molecule has 38 heavy (non-hydrogen) atoms. The lowest BCUT2D eigenvalue weighted by molar-refractivity contribution is -0.141. The van der Waals surface area contributed by atoms with Gasteiger partial charge in [0.2, 0.25) is 0 Å². The van der Waals surface area contributed by atoms with E-state index in [0.29, 0.717) is 35.2 Å². The number of piperidine rings is 1. The number of aromatic nitrogens is 6. The quantitative estimate of drug-likeness (QED) is 0.362. The number of hydrogen-bond donors (Lipinski definition) is 1. The highest BCUT2D eigenvalue weighted by molar-refractivity contribution is 5.91. The number of nitrogens with zero attached hydrogens (tertiary/aromatic N) is 6.